The van der Waals surface area contributed by atoms with Crippen LogP contribution in [0.15, 0.2) is 18.2 Å². The van der Waals surface area contributed by atoms with Crippen LogP contribution in [0.3, 0.4) is 0 Å². The second kappa shape index (κ2) is 7.87. The molecule has 3 fully saturated rings. The van der Waals surface area contributed by atoms with Crippen molar-refractivity contribution in [2.75, 3.05) is 6.61 Å². The zero-order valence-corrected chi connectivity index (χ0v) is 26.7. The molecule has 0 heterocycles. The van der Waals surface area contributed by atoms with Gasteiger partial charge in [0.1, 0.15) is 0 Å². The fraction of sp³-hybridized carbons (Fsp3) is 0.829. The lowest BCUT2D eigenvalue weighted by Gasteiger charge is -2.51. The summed E-state index contributed by atoms with van der Waals surface area (Å²) < 4.78 is 0. The van der Waals surface area contributed by atoms with Crippen LogP contribution in [0.2, 0.25) is 0 Å². The molecule has 0 saturated heterocycles. The summed E-state index contributed by atoms with van der Waals surface area (Å²) >= 11 is 0. The summed E-state index contributed by atoms with van der Waals surface area (Å²) in [5.41, 5.74) is 12.5. The van der Waals surface area contributed by atoms with E-state index >= 15 is 0 Å². The van der Waals surface area contributed by atoms with Gasteiger partial charge in [0.25, 0.3) is 0 Å². The van der Waals surface area contributed by atoms with Crippen molar-refractivity contribution in [3.8, 4) is 0 Å². The van der Waals surface area contributed by atoms with Crippen molar-refractivity contribution in [2.24, 2.45) is 32.8 Å². The Hall–Kier alpha value is -0.860. The third-order valence-electron chi connectivity index (χ3n) is 14.0. The maximum Gasteiger partial charge on any atom is 0.0431 e. The molecule has 4 unspecified atom stereocenters. The molecule has 3 N–H and O–H groups in total. The van der Waals surface area contributed by atoms with Gasteiger partial charge in [-0.2, -0.15) is 0 Å². The number of hydrogen-bond donors (Lipinski definition) is 2. The maximum atomic E-state index is 9.56. The van der Waals surface area contributed by atoms with Crippen molar-refractivity contribution >= 4 is 0 Å². The minimum Gasteiger partial charge on any atom is -0.396 e. The SMILES string of the molecule is CC(C)(C)c1cc(C(C)(C)C(C)(C)C2(C)CC2(C)C(C)(C)CCCO)cc(C2(C)CC2(C)C2(N)CC2)c1. The first-order chi connectivity index (χ1) is 16.5. The molecule has 0 aliphatic heterocycles. The van der Waals surface area contributed by atoms with E-state index in [2.05, 4.69) is 108 Å². The molecule has 1 aromatic rings. The highest BCUT2D eigenvalue weighted by molar-refractivity contribution is 5.49. The number of rotatable bonds is 9. The van der Waals surface area contributed by atoms with Gasteiger partial charge in [-0.3, -0.25) is 0 Å². The highest BCUT2D eigenvalue weighted by Gasteiger charge is 2.75. The molecule has 37 heavy (non-hydrogen) atoms. The smallest absolute Gasteiger partial charge is 0.0431 e. The number of aliphatic hydroxyl groups excluding tert-OH is 1. The average Bonchev–Trinajstić information content (AvgIpc) is 3.72. The largest absolute Gasteiger partial charge is 0.396 e. The number of benzene rings is 1. The van der Waals surface area contributed by atoms with E-state index < -0.39 is 0 Å². The summed E-state index contributed by atoms with van der Waals surface area (Å²) in [5, 5.41) is 9.56. The van der Waals surface area contributed by atoms with Crippen LogP contribution in [0, 0.1) is 27.1 Å². The van der Waals surface area contributed by atoms with Gasteiger partial charge in [0.15, 0.2) is 0 Å². The van der Waals surface area contributed by atoms with Crippen LogP contribution >= 0.6 is 0 Å². The van der Waals surface area contributed by atoms with E-state index in [9.17, 15) is 5.11 Å². The van der Waals surface area contributed by atoms with E-state index in [0.29, 0.717) is 0 Å². The molecule has 3 saturated carbocycles. The molecule has 1 aromatic carbocycles. The predicted octanol–water partition coefficient (Wildman–Crippen LogP) is 8.66. The van der Waals surface area contributed by atoms with Gasteiger partial charge in [-0.1, -0.05) is 108 Å². The standard InChI is InChI=1S/C35H59NO/c1-27(2,3)24-19-25(21-26(20-24)31(10)22-34(31,13)35(36)16-17-35)29(6,7)30(8,9)33(12)23-32(33,11)28(4,5)15-14-18-37/h19-21,37H,14-18,22-23,36H2,1-13H3. The van der Waals surface area contributed by atoms with Gasteiger partial charge in [0.05, 0.1) is 0 Å². The lowest BCUT2D eigenvalue weighted by atomic mass is 9.53. The first kappa shape index (κ1) is 29.1. The summed E-state index contributed by atoms with van der Waals surface area (Å²) in [5.74, 6) is 0. The molecule has 2 nitrogen and oxygen atoms in total. The lowest BCUT2D eigenvalue weighted by Crippen LogP contribution is -2.47. The van der Waals surface area contributed by atoms with Crippen LogP contribution in [-0.4, -0.2) is 17.3 Å². The van der Waals surface area contributed by atoms with Crippen molar-refractivity contribution in [1.29, 1.82) is 0 Å². The Kier molecular flexibility index (Phi) is 6.20. The third-order valence-corrected chi connectivity index (χ3v) is 14.0. The molecule has 0 aromatic heterocycles. The van der Waals surface area contributed by atoms with Crippen LogP contribution < -0.4 is 5.73 Å². The van der Waals surface area contributed by atoms with E-state index in [4.69, 9.17) is 5.73 Å². The van der Waals surface area contributed by atoms with Crippen LogP contribution in [-0.2, 0) is 16.2 Å². The highest BCUT2D eigenvalue weighted by atomic mass is 16.2. The molecule has 3 aliphatic rings. The van der Waals surface area contributed by atoms with Crippen LogP contribution in [0.4, 0.5) is 0 Å². The van der Waals surface area contributed by atoms with E-state index in [1.54, 1.807) is 0 Å². The molecular formula is C35H59NO. The molecule has 0 amide bonds. The van der Waals surface area contributed by atoms with E-state index in [1.807, 2.05) is 0 Å². The molecule has 0 radical (unpaired) electrons. The van der Waals surface area contributed by atoms with Crippen molar-refractivity contribution in [1.82, 2.24) is 0 Å². The van der Waals surface area contributed by atoms with Crippen LogP contribution in [0.1, 0.15) is 145 Å². The normalized spacial score (nSPS) is 35.4. The van der Waals surface area contributed by atoms with E-state index in [-0.39, 0.29) is 55.5 Å². The summed E-state index contributed by atoms with van der Waals surface area (Å²) in [6.07, 6.45) is 6.75. The summed E-state index contributed by atoms with van der Waals surface area (Å²) in [7, 11) is 0. The van der Waals surface area contributed by atoms with Gasteiger partial charge < -0.3 is 10.8 Å². The Balaban J connectivity index is 1.77. The molecule has 0 bridgehead atoms. The zero-order chi connectivity index (χ0) is 28.3. The maximum absolute atomic E-state index is 9.56. The van der Waals surface area contributed by atoms with Gasteiger partial charge >= 0.3 is 0 Å². The van der Waals surface area contributed by atoms with Crippen molar-refractivity contribution in [2.45, 2.75) is 150 Å². The monoisotopic (exact) mass is 509 g/mol. The van der Waals surface area contributed by atoms with Crippen molar-refractivity contribution < 1.29 is 5.11 Å². The molecule has 3 aliphatic carbocycles. The minimum atomic E-state index is -0.00971. The zero-order valence-electron chi connectivity index (χ0n) is 26.7. The van der Waals surface area contributed by atoms with Gasteiger partial charge in [0.2, 0.25) is 0 Å². The van der Waals surface area contributed by atoms with Crippen LogP contribution in [0.5, 0.6) is 0 Å². The van der Waals surface area contributed by atoms with Gasteiger partial charge in [-0.05, 0) is 93.1 Å². The Morgan fingerprint density at radius 3 is 1.81 bits per heavy atom. The molecular weight excluding hydrogens is 450 g/mol. The fourth-order valence-corrected chi connectivity index (χ4v) is 8.64. The molecule has 210 valence electrons. The fourth-order valence-electron chi connectivity index (χ4n) is 8.64. The predicted molar refractivity (Wildman–Crippen MR) is 159 cm³/mol. The van der Waals surface area contributed by atoms with Gasteiger partial charge in [-0.15, -0.1) is 0 Å². The molecule has 4 rings (SSSR count). The minimum absolute atomic E-state index is 0.00971. The highest BCUT2D eigenvalue weighted by Crippen LogP contribution is 2.81. The Bertz CT molecular complexity index is 1070. The average molecular weight is 510 g/mol. The molecule has 0 spiro atoms. The van der Waals surface area contributed by atoms with Crippen LogP contribution in [0.25, 0.3) is 0 Å². The summed E-state index contributed by atoms with van der Waals surface area (Å²) in [6.45, 7) is 32.3. The van der Waals surface area contributed by atoms with Crippen molar-refractivity contribution in [3.63, 3.8) is 0 Å². The summed E-state index contributed by atoms with van der Waals surface area (Å²) in [6, 6.07) is 7.63. The summed E-state index contributed by atoms with van der Waals surface area (Å²) in [4.78, 5) is 0. The Morgan fingerprint density at radius 1 is 0.784 bits per heavy atom. The Labute approximate surface area is 229 Å². The second-order valence-electron chi connectivity index (χ2n) is 17.3. The van der Waals surface area contributed by atoms with Gasteiger partial charge in [0, 0.05) is 17.6 Å². The number of aliphatic hydroxyl groups is 1. The number of nitrogens with two attached hydrogens (primary N) is 1. The quantitative estimate of drug-likeness (QED) is 0.350. The first-order valence-corrected chi connectivity index (χ1v) is 15.1. The molecule has 4 atom stereocenters. The topological polar surface area (TPSA) is 46.2 Å². The van der Waals surface area contributed by atoms with E-state index in [0.717, 1.165) is 12.8 Å². The Morgan fingerprint density at radius 2 is 1.32 bits per heavy atom. The first-order valence-electron chi connectivity index (χ1n) is 15.1. The third kappa shape index (κ3) is 3.77. The molecule has 2 heteroatoms. The van der Waals surface area contributed by atoms with E-state index in [1.165, 1.54) is 42.4 Å². The van der Waals surface area contributed by atoms with Crippen molar-refractivity contribution in [3.05, 3.63) is 34.9 Å². The van der Waals surface area contributed by atoms with Gasteiger partial charge in [-0.25, -0.2) is 0 Å². The second-order valence-corrected chi connectivity index (χ2v) is 17.3. The number of hydrogen-bond acceptors (Lipinski definition) is 2. The lowest BCUT2D eigenvalue weighted by molar-refractivity contribution is 0.0188.